The number of rotatable bonds is 52. The lowest BCUT2D eigenvalue weighted by molar-refractivity contribution is -0.870. The number of hydrogen-bond acceptors (Lipinski definition) is 8. The van der Waals surface area contributed by atoms with E-state index in [0.29, 0.717) is 17.4 Å². The van der Waals surface area contributed by atoms with Crippen molar-refractivity contribution in [1.29, 1.82) is 0 Å². The van der Waals surface area contributed by atoms with E-state index in [2.05, 4.69) is 56.4 Å². The third-order valence-electron chi connectivity index (χ3n) is 12.3. The second-order valence-corrected chi connectivity index (χ2v) is 21.7. The molecule has 0 saturated heterocycles. The summed E-state index contributed by atoms with van der Waals surface area (Å²) >= 11 is 0. The molecule has 0 N–H and O–H groups in total. The second-order valence-electron chi connectivity index (χ2n) is 20.3. The number of quaternary nitrogens is 1. The van der Waals surface area contributed by atoms with Gasteiger partial charge in [-0.3, -0.25) is 14.2 Å². The molecule has 0 bridgehead atoms. The van der Waals surface area contributed by atoms with Gasteiger partial charge in [0, 0.05) is 6.42 Å². The first-order chi connectivity index (χ1) is 33.5. The molecule has 69 heavy (non-hydrogen) atoms. The Kier molecular flexibility index (Phi) is 49.0. The summed E-state index contributed by atoms with van der Waals surface area (Å²) in [6.45, 7) is 4.03. The first-order valence-corrected chi connectivity index (χ1v) is 30.0. The van der Waals surface area contributed by atoms with Gasteiger partial charge in [0.05, 0.1) is 34.2 Å². The molecule has 0 aliphatic carbocycles. The summed E-state index contributed by atoms with van der Waals surface area (Å²) in [5, 5.41) is 0. The van der Waals surface area contributed by atoms with Crippen molar-refractivity contribution in [2.45, 2.75) is 258 Å². The smallest absolute Gasteiger partial charge is 0.310 e. The highest BCUT2D eigenvalue weighted by Crippen LogP contribution is 2.38. The Labute approximate surface area is 426 Å². The van der Waals surface area contributed by atoms with E-state index in [4.69, 9.17) is 18.5 Å². The van der Waals surface area contributed by atoms with Crippen molar-refractivity contribution in [3.8, 4) is 0 Å². The van der Waals surface area contributed by atoms with Crippen LogP contribution in [0.4, 0.5) is 0 Å². The number of allylic oxidation sites excluding steroid dienone is 9. The highest BCUT2D eigenvalue weighted by Gasteiger charge is 2.21. The Morgan fingerprint density at radius 2 is 0.812 bits per heavy atom. The number of nitrogens with zero attached hydrogens (tertiary/aromatic N) is 1. The molecule has 0 aromatic heterocycles. The fraction of sp³-hybridized carbons (Fsp3) is 0.797. The van der Waals surface area contributed by atoms with Crippen LogP contribution in [0, 0.1) is 0 Å². The Balaban J connectivity index is 4.09. The second kappa shape index (κ2) is 50.6. The van der Waals surface area contributed by atoms with E-state index in [1.165, 1.54) is 173 Å². The van der Waals surface area contributed by atoms with Crippen LogP contribution in [-0.4, -0.2) is 70.0 Å². The third kappa shape index (κ3) is 54.9. The molecular weight excluding hydrogens is 882 g/mol. The van der Waals surface area contributed by atoms with Crippen LogP contribution in [-0.2, 0) is 32.7 Å². The van der Waals surface area contributed by atoms with E-state index < -0.39 is 32.5 Å². The molecule has 0 aliphatic rings. The number of phosphoric acid groups is 1. The zero-order valence-electron chi connectivity index (χ0n) is 45.5. The van der Waals surface area contributed by atoms with Crippen LogP contribution in [0.2, 0.25) is 0 Å². The monoisotopic (exact) mass is 990 g/mol. The van der Waals surface area contributed by atoms with Crippen LogP contribution in [0.3, 0.4) is 0 Å². The van der Waals surface area contributed by atoms with Crippen molar-refractivity contribution in [1.82, 2.24) is 0 Å². The molecule has 2 atom stereocenters. The number of carbonyl (C=O) groups excluding carboxylic acids is 2. The largest absolute Gasteiger partial charge is 0.756 e. The highest BCUT2D eigenvalue weighted by atomic mass is 31.2. The maximum Gasteiger partial charge on any atom is 0.310 e. The maximum atomic E-state index is 12.7. The number of hydrogen-bond donors (Lipinski definition) is 0. The molecule has 0 heterocycles. The summed E-state index contributed by atoms with van der Waals surface area (Å²) < 4.78 is 33.9. The molecule has 0 rings (SSSR count). The summed E-state index contributed by atoms with van der Waals surface area (Å²) in [5.41, 5.74) is 0. The van der Waals surface area contributed by atoms with Gasteiger partial charge in [0.15, 0.2) is 6.10 Å². The third-order valence-corrected chi connectivity index (χ3v) is 13.3. The molecule has 0 aromatic rings. The minimum Gasteiger partial charge on any atom is -0.756 e. The topological polar surface area (TPSA) is 111 Å². The number of phosphoric ester groups is 1. The van der Waals surface area contributed by atoms with Crippen LogP contribution in [0.1, 0.15) is 251 Å². The van der Waals surface area contributed by atoms with Crippen LogP contribution < -0.4 is 4.89 Å². The van der Waals surface area contributed by atoms with Crippen molar-refractivity contribution in [3.63, 3.8) is 0 Å². The van der Waals surface area contributed by atoms with Gasteiger partial charge in [-0.25, -0.2) is 0 Å². The van der Waals surface area contributed by atoms with Gasteiger partial charge in [-0.2, -0.15) is 0 Å². The molecule has 9 nitrogen and oxygen atoms in total. The van der Waals surface area contributed by atoms with Crippen LogP contribution >= 0.6 is 7.82 Å². The molecular formula is C59H108NO8P. The summed E-state index contributed by atoms with van der Waals surface area (Å²) in [4.78, 5) is 37.7. The lowest BCUT2D eigenvalue weighted by atomic mass is 10.0. The van der Waals surface area contributed by atoms with E-state index in [-0.39, 0.29) is 26.1 Å². The number of unbranched alkanes of at least 4 members (excludes halogenated alkanes) is 29. The molecule has 2 unspecified atom stereocenters. The van der Waals surface area contributed by atoms with Gasteiger partial charge in [0.2, 0.25) is 0 Å². The van der Waals surface area contributed by atoms with Crippen molar-refractivity contribution < 1.29 is 42.1 Å². The lowest BCUT2D eigenvalue weighted by Gasteiger charge is -2.28. The summed E-state index contributed by atoms with van der Waals surface area (Å²) in [7, 11) is 1.11. The van der Waals surface area contributed by atoms with Gasteiger partial charge in [-0.05, 0) is 38.5 Å². The van der Waals surface area contributed by atoms with E-state index in [9.17, 15) is 19.0 Å². The SMILES string of the molecule is CC/C=C\C/C=C\C/C=C\C/C=C\C/C=C\CC(=O)OC(COC(=O)CCCCCCCCCCCCCCCCCCCCCCCCCCCCCCCC)COP(=O)([O-])OCC[N+](C)(C)C. The normalized spacial score (nSPS) is 13.8. The van der Waals surface area contributed by atoms with Crippen molar-refractivity contribution in [3.05, 3.63) is 60.8 Å². The van der Waals surface area contributed by atoms with Crippen molar-refractivity contribution in [2.24, 2.45) is 0 Å². The Morgan fingerprint density at radius 1 is 0.464 bits per heavy atom. The van der Waals surface area contributed by atoms with Crippen molar-refractivity contribution in [2.75, 3.05) is 47.5 Å². The quantitative estimate of drug-likeness (QED) is 0.0195. The first-order valence-electron chi connectivity index (χ1n) is 28.5. The first kappa shape index (κ1) is 66.7. The predicted molar refractivity (Wildman–Crippen MR) is 291 cm³/mol. The minimum atomic E-state index is -4.66. The fourth-order valence-corrected chi connectivity index (χ4v) is 8.70. The van der Waals surface area contributed by atoms with E-state index in [0.717, 1.165) is 44.9 Å². The summed E-state index contributed by atoms with van der Waals surface area (Å²) in [6, 6.07) is 0. The summed E-state index contributed by atoms with van der Waals surface area (Å²) in [6.07, 6.45) is 64.7. The van der Waals surface area contributed by atoms with Gasteiger partial charge in [-0.1, -0.05) is 261 Å². The average Bonchev–Trinajstić information content (AvgIpc) is 3.31. The summed E-state index contributed by atoms with van der Waals surface area (Å²) in [5.74, 6) is -0.975. The molecule has 0 spiro atoms. The Morgan fingerprint density at radius 3 is 1.17 bits per heavy atom. The number of likely N-dealkylation sites (N-methyl/N-ethyl adjacent to an activating group) is 1. The molecule has 0 saturated carbocycles. The zero-order valence-corrected chi connectivity index (χ0v) is 46.4. The Hall–Kier alpha value is -2.29. The highest BCUT2D eigenvalue weighted by molar-refractivity contribution is 7.45. The van der Waals surface area contributed by atoms with Gasteiger partial charge >= 0.3 is 11.9 Å². The average molecular weight is 990 g/mol. The number of carbonyl (C=O) groups is 2. The fourth-order valence-electron chi connectivity index (χ4n) is 7.97. The van der Waals surface area contributed by atoms with Crippen LogP contribution in [0.5, 0.6) is 0 Å². The van der Waals surface area contributed by atoms with E-state index in [1.807, 2.05) is 33.3 Å². The van der Waals surface area contributed by atoms with Gasteiger partial charge in [-0.15, -0.1) is 0 Å². The molecule has 402 valence electrons. The molecule has 0 fully saturated rings. The van der Waals surface area contributed by atoms with Crippen LogP contribution in [0.15, 0.2) is 60.8 Å². The maximum absolute atomic E-state index is 12.7. The number of esters is 2. The van der Waals surface area contributed by atoms with Crippen LogP contribution in [0.25, 0.3) is 0 Å². The molecule has 0 amide bonds. The van der Waals surface area contributed by atoms with Gasteiger partial charge in [0.25, 0.3) is 7.82 Å². The predicted octanol–water partition coefficient (Wildman–Crippen LogP) is 16.9. The van der Waals surface area contributed by atoms with Crippen molar-refractivity contribution >= 4 is 19.8 Å². The van der Waals surface area contributed by atoms with E-state index in [1.54, 1.807) is 6.08 Å². The van der Waals surface area contributed by atoms with E-state index >= 15 is 0 Å². The number of ether oxygens (including phenoxy) is 2. The zero-order chi connectivity index (χ0) is 50.6. The lowest BCUT2D eigenvalue weighted by Crippen LogP contribution is -2.37. The molecule has 0 aromatic carbocycles. The van der Waals surface area contributed by atoms with Gasteiger partial charge in [0.1, 0.15) is 19.8 Å². The molecule has 0 radical (unpaired) electrons. The Bertz CT molecular complexity index is 1350. The standard InChI is InChI=1S/C59H108NO8P/c1-6-8-10-12-14-16-18-20-22-23-24-25-26-27-28-29-30-31-32-33-34-35-36-38-39-41-43-45-47-49-51-58(61)65-55-57(56-67-69(63,64)66-54-53-60(3,4)5)68-59(62)52-50-48-46-44-42-40-37-21-19-17-15-13-11-9-7-2/h9,11,15,17,21,37,42,44,48,50,57H,6-8,10,12-14,16,18-20,22-36,38-41,43,45-47,49,51-56H2,1-5H3/b11-9-,17-15-,37-21-,44-42-,50-48-. The van der Waals surface area contributed by atoms with Gasteiger partial charge < -0.3 is 27.9 Å². The molecule has 0 aliphatic heterocycles. The molecule has 10 heteroatoms. The minimum absolute atomic E-state index is 0.00727.